The van der Waals surface area contributed by atoms with Crippen LogP contribution >= 0.6 is 35.0 Å². The number of nitrogens with one attached hydrogen (secondary N) is 1. The van der Waals surface area contributed by atoms with Gasteiger partial charge < -0.3 is 5.32 Å². The number of hydrogen-bond acceptors (Lipinski definition) is 3. The minimum absolute atomic E-state index is 0.134. The minimum atomic E-state index is -0.312. The summed E-state index contributed by atoms with van der Waals surface area (Å²) in [7, 11) is 0. The van der Waals surface area contributed by atoms with E-state index in [1.165, 1.54) is 11.8 Å². The number of hydrogen-bond donors (Lipinski definition) is 1. The zero-order valence-electron chi connectivity index (χ0n) is 10.6. The van der Waals surface area contributed by atoms with Gasteiger partial charge in [-0.2, -0.15) is 0 Å². The van der Waals surface area contributed by atoms with Crippen LogP contribution in [0.25, 0.3) is 0 Å². The normalized spacial score (nSPS) is 11.9. The smallest absolute Gasteiger partial charge is 0.238 e. The molecule has 0 saturated carbocycles. The summed E-state index contributed by atoms with van der Waals surface area (Å²) in [6, 6.07) is 10.5. The van der Waals surface area contributed by atoms with Gasteiger partial charge in [0.15, 0.2) is 0 Å². The summed E-state index contributed by atoms with van der Waals surface area (Å²) in [5, 5.41) is 3.61. The van der Waals surface area contributed by atoms with Crippen molar-refractivity contribution in [1.82, 2.24) is 4.98 Å². The summed E-state index contributed by atoms with van der Waals surface area (Å²) < 4.78 is 0. The van der Waals surface area contributed by atoms with Crippen LogP contribution in [0.1, 0.15) is 6.92 Å². The molecule has 20 heavy (non-hydrogen) atoms. The molecule has 6 heteroatoms. The highest BCUT2D eigenvalue weighted by Gasteiger charge is 2.16. The number of aromatic nitrogens is 1. The highest BCUT2D eigenvalue weighted by atomic mass is 35.5. The van der Waals surface area contributed by atoms with Crippen LogP contribution in [0.15, 0.2) is 47.5 Å². The number of amides is 1. The molecule has 1 aromatic carbocycles. The van der Waals surface area contributed by atoms with E-state index in [2.05, 4.69) is 10.3 Å². The van der Waals surface area contributed by atoms with E-state index >= 15 is 0 Å². The molecule has 0 fully saturated rings. The standard InChI is InChI=1S/C14H12Cl2N2OS/c1-9(14(19)18-13-4-2-3-7-17-13)20-12-8-10(15)5-6-11(12)16/h2-9H,1H3,(H,17,18,19). The van der Waals surface area contributed by atoms with Gasteiger partial charge in [-0.05, 0) is 37.3 Å². The van der Waals surface area contributed by atoms with Crippen molar-refractivity contribution in [3.8, 4) is 0 Å². The van der Waals surface area contributed by atoms with Gasteiger partial charge in [-0.3, -0.25) is 4.79 Å². The van der Waals surface area contributed by atoms with Crippen LogP contribution in [-0.4, -0.2) is 16.1 Å². The van der Waals surface area contributed by atoms with Crippen LogP contribution < -0.4 is 5.32 Å². The highest BCUT2D eigenvalue weighted by molar-refractivity contribution is 8.00. The average Bonchev–Trinajstić information content (AvgIpc) is 2.44. The lowest BCUT2D eigenvalue weighted by molar-refractivity contribution is -0.115. The van der Waals surface area contributed by atoms with Crippen molar-refractivity contribution < 1.29 is 4.79 Å². The van der Waals surface area contributed by atoms with E-state index < -0.39 is 0 Å². The maximum atomic E-state index is 12.1. The Morgan fingerprint density at radius 2 is 2.10 bits per heavy atom. The van der Waals surface area contributed by atoms with Crippen LogP contribution in [0.4, 0.5) is 5.82 Å². The molecule has 2 rings (SSSR count). The molecule has 3 nitrogen and oxygen atoms in total. The Morgan fingerprint density at radius 3 is 2.80 bits per heavy atom. The lowest BCUT2D eigenvalue weighted by atomic mass is 10.4. The molecule has 104 valence electrons. The second kappa shape index (κ2) is 6.97. The van der Waals surface area contributed by atoms with Gasteiger partial charge in [-0.25, -0.2) is 4.98 Å². The first-order valence-corrected chi connectivity index (χ1v) is 7.53. The van der Waals surface area contributed by atoms with E-state index in [-0.39, 0.29) is 11.2 Å². The number of carbonyl (C=O) groups is 1. The van der Waals surface area contributed by atoms with Gasteiger partial charge in [0.2, 0.25) is 5.91 Å². The first kappa shape index (κ1) is 15.2. The first-order valence-electron chi connectivity index (χ1n) is 5.90. The van der Waals surface area contributed by atoms with E-state index in [9.17, 15) is 4.79 Å². The zero-order valence-corrected chi connectivity index (χ0v) is 13.0. The largest absolute Gasteiger partial charge is 0.310 e. The second-order valence-corrected chi connectivity index (χ2v) is 6.27. The fourth-order valence-electron chi connectivity index (χ4n) is 1.48. The number of anilines is 1. The Bertz CT molecular complexity index is 607. The van der Waals surface area contributed by atoms with Gasteiger partial charge in [0.1, 0.15) is 5.82 Å². The maximum Gasteiger partial charge on any atom is 0.238 e. The third-order valence-electron chi connectivity index (χ3n) is 2.48. The third-order valence-corrected chi connectivity index (χ3v) is 4.32. The van der Waals surface area contributed by atoms with Crippen LogP contribution in [0, 0.1) is 0 Å². The molecule has 0 aliphatic heterocycles. The highest BCUT2D eigenvalue weighted by Crippen LogP contribution is 2.32. The Balaban J connectivity index is 2.02. The van der Waals surface area contributed by atoms with E-state index in [0.717, 1.165) is 4.90 Å². The van der Waals surface area contributed by atoms with Crippen molar-refractivity contribution in [2.45, 2.75) is 17.1 Å². The number of nitrogens with zero attached hydrogens (tertiary/aromatic N) is 1. The molecule has 1 atom stereocenters. The van der Waals surface area contributed by atoms with Gasteiger partial charge in [0.05, 0.1) is 10.3 Å². The maximum absolute atomic E-state index is 12.1. The van der Waals surface area contributed by atoms with Crippen LogP contribution in [-0.2, 0) is 4.79 Å². The predicted octanol–water partition coefficient (Wildman–Crippen LogP) is 4.51. The van der Waals surface area contributed by atoms with Crippen LogP contribution in [0.2, 0.25) is 10.0 Å². The Kier molecular flexibility index (Phi) is 5.29. The molecule has 1 unspecified atom stereocenters. The number of halogens is 2. The minimum Gasteiger partial charge on any atom is -0.310 e. The molecule has 0 saturated heterocycles. The number of benzene rings is 1. The van der Waals surface area contributed by atoms with E-state index in [4.69, 9.17) is 23.2 Å². The van der Waals surface area contributed by atoms with Gasteiger partial charge in [0.25, 0.3) is 0 Å². The van der Waals surface area contributed by atoms with Crippen molar-refractivity contribution in [3.63, 3.8) is 0 Å². The summed E-state index contributed by atoms with van der Waals surface area (Å²) in [4.78, 5) is 16.9. The number of carbonyl (C=O) groups excluding carboxylic acids is 1. The van der Waals surface area contributed by atoms with Crippen molar-refractivity contribution in [3.05, 3.63) is 52.6 Å². The average molecular weight is 327 g/mol. The Morgan fingerprint density at radius 1 is 1.30 bits per heavy atom. The SMILES string of the molecule is CC(Sc1cc(Cl)ccc1Cl)C(=O)Nc1ccccn1. The fraction of sp³-hybridized carbons (Fsp3) is 0.143. The Hall–Kier alpha value is -1.23. The fourth-order valence-corrected chi connectivity index (χ4v) is 2.89. The molecule has 1 amide bonds. The third kappa shape index (κ3) is 4.13. The number of thioether (sulfide) groups is 1. The molecule has 0 bridgehead atoms. The molecule has 2 aromatic rings. The lowest BCUT2D eigenvalue weighted by Gasteiger charge is -2.12. The first-order chi connectivity index (χ1) is 9.56. The quantitative estimate of drug-likeness (QED) is 0.840. The molecule has 1 heterocycles. The Labute approximate surface area is 131 Å². The molecule has 0 radical (unpaired) electrons. The predicted molar refractivity (Wildman–Crippen MR) is 84.6 cm³/mol. The summed E-state index contributed by atoms with van der Waals surface area (Å²) >= 11 is 13.4. The van der Waals surface area contributed by atoms with Crippen molar-refractivity contribution >= 4 is 46.7 Å². The van der Waals surface area contributed by atoms with Crippen LogP contribution in [0.3, 0.4) is 0 Å². The second-order valence-electron chi connectivity index (χ2n) is 4.04. The lowest BCUT2D eigenvalue weighted by Crippen LogP contribution is -2.22. The van der Waals surface area contributed by atoms with Crippen LogP contribution in [0.5, 0.6) is 0 Å². The summed E-state index contributed by atoms with van der Waals surface area (Å²) in [5.74, 6) is 0.395. The molecule has 0 spiro atoms. The molecule has 1 aromatic heterocycles. The summed E-state index contributed by atoms with van der Waals surface area (Å²) in [6.45, 7) is 1.81. The summed E-state index contributed by atoms with van der Waals surface area (Å²) in [6.07, 6.45) is 1.63. The summed E-state index contributed by atoms with van der Waals surface area (Å²) in [5.41, 5.74) is 0. The molecule has 0 aliphatic rings. The van der Waals surface area contributed by atoms with E-state index in [1.54, 1.807) is 43.5 Å². The van der Waals surface area contributed by atoms with E-state index in [1.807, 2.05) is 6.07 Å². The van der Waals surface area contributed by atoms with Gasteiger partial charge in [0, 0.05) is 16.1 Å². The monoisotopic (exact) mass is 326 g/mol. The van der Waals surface area contributed by atoms with Crippen molar-refractivity contribution in [2.24, 2.45) is 0 Å². The van der Waals surface area contributed by atoms with Gasteiger partial charge >= 0.3 is 0 Å². The topological polar surface area (TPSA) is 42.0 Å². The van der Waals surface area contributed by atoms with Gasteiger partial charge in [-0.1, -0.05) is 29.3 Å². The van der Waals surface area contributed by atoms with Crippen molar-refractivity contribution in [2.75, 3.05) is 5.32 Å². The molecular weight excluding hydrogens is 315 g/mol. The number of rotatable bonds is 4. The molecular formula is C14H12Cl2N2OS. The number of pyridine rings is 1. The molecule has 1 N–H and O–H groups in total. The van der Waals surface area contributed by atoms with Gasteiger partial charge in [-0.15, -0.1) is 11.8 Å². The molecule has 0 aliphatic carbocycles. The van der Waals surface area contributed by atoms with E-state index in [0.29, 0.717) is 15.9 Å². The zero-order chi connectivity index (χ0) is 14.5. The van der Waals surface area contributed by atoms with Crippen molar-refractivity contribution in [1.29, 1.82) is 0 Å².